The summed E-state index contributed by atoms with van der Waals surface area (Å²) in [7, 11) is 0. The quantitative estimate of drug-likeness (QED) is 0.857. The minimum absolute atomic E-state index is 0.605. The molecule has 0 aromatic carbocycles. The average Bonchev–Trinajstić information content (AvgIpc) is 2.82. The van der Waals surface area contributed by atoms with Gasteiger partial charge in [0.2, 0.25) is 0 Å². The number of rotatable bonds is 3. The van der Waals surface area contributed by atoms with Crippen LogP contribution in [0.25, 0.3) is 5.52 Å². The molecular weight excluding hydrogens is 270 g/mol. The number of nitrogens with zero attached hydrogens (tertiary/aromatic N) is 3. The zero-order valence-electron chi connectivity index (χ0n) is 12.2. The van der Waals surface area contributed by atoms with Crippen LogP contribution in [0.1, 0.15) is 38.9 Å². The van der Waals surface area contributed by atoms with Gasteiger partial charge in [-0.3, -0.25) is 4.90 Å². The van der Waals surface area contributed by atoms with E-state index in [1.807, 2.05) is 24.5 Å². The maximum Gasteiger partial charge on any atom is 0.114 e. The highest BCUT2D eigenvalue weighted by Gasteiger charge is 2.25. The highest BCUT2D eigenvalue weighted by Crippen LogP contribution is 2.23. The van der Waals surface area contributed by atoms with Crippen LogP contribution in [-0.4, -0.2) is 32.9 Å². The summed E-state index contributed by atoms with van der Waals surface area (Å²) in [5, 5.41) is 0.765. The van der Waals surface area contributed by atoms with Gasteiger partial charge >= 0.3 is 0 Å². The molecule has 3 nitrogen and oxygen atoms in total. The van der Waals surface area contributed by atoms with Gasteiger partial charge in [0, 0.05) is 24.7 Å². The van der Waals surface area contributed by atoms with Gasteiger partial charge in [0.25, 0.3) is 0 Å². The van der Waals surface area contributed by atoms with Crippen LogP contribution in [-0.2, 0) is 6.42 Å². The van der Waals surface area contributed by atoms with Crippen molar-refractivity contribution in [2.75, 3.05) is 6.54 Å². The molecule has 2 aromatic rings. The molecule has 0 spiro atoms. The molecule has 1 aliphatic rings. The molecule has 1 saturated heterocycles. The van der Waals surface area contributed by atoms with Gasteiger partial charge in [0.05, 0.1) is 16.7 Å². The second kappa shape index (κ2) is 5.74. The van der Waals surface area contributed by atoms with Crippen molar-refractivity contribution in [3.63, 3.8) is 0 Å². The van der Waals surface area contributed by atoms with Crippen molar-refractivity contribution in [2.45, 2.75) is 51.6 Å². The maximum atomic E-state index is 6.11. The number of hydrogen-bond acceptors (Lipinski definition) is 2. The van der Waals surface area contributed by atoms with Crippen LogP contribution >= 0.6 is 11.6 Å². The van der Waals surface area contributed by atoms with Gasteiger partial charge in [-0.25, -0.2) is 4.98 Å². The Bertz CT molecular complexity index is 590. The number of imidazole rings is 1. The van der Waals surface area contributed by atoms with E-state index in [1.165, 1.54) is 25.8 Å². The lowest BCUT2D eigenvalue weighted by Crippen LogP contribution is -2.45. The zero-order valence-corrected chi connectivity index (χ0v) is 13.0. The van der Waals surface area contributed by atoms with Crippen molar-refractivity contribution in [3.05, 3.63) is 35.4 Å². The van der Waals surface area contributed by atoms with E-state index in [2.05, 4.69) is 28.1 Å². The Hall–Kier alpha value is -1.06. The fourth-order valence-electron chi connectivity index (χ4n) is 3.30. The van der Waals surface area contributed by atoms with Crippen LogP contribution in [0.4, 0.5) is 0 Å². The Morgan fingerprint density at radius 2 is 2.20 bits per heavy atom. The minimum Gasteiger partial charge on any atom is -0.302 e. The van der Waals surface area contributed by atoms with E-state index in [0.29, 0.717) is 12.1 Å². The minimum atomic E-state index is 0.605. The molecule has 1 aliphatic heterocycles. The molecule has 2 aromatic heterocycles. The standard InChI is InChI=1S/C16H22ClN3/c1-12(2)19-8-4-3-5-14(19)9-16-18-10-15-7-6-13(17)11-20(15)16/h6-7,10-12,14H,3-5,8-9H2,1-2H3. The highest BCUT2D eigenvalue weighted by atomic mass is 35.5. The molecule has 4 heteroatoms. The first-order valence-electron chi connectivity index (χ1n) is 7.52. The van der Waals surface area contributed by atoms with Crippen LogP contribution in [0, 0.1) is 0 Å². The third-order valence-corrected chi connectivity index (χ3v) is 4.55. The van der Waals surface area contributed by atoms with Crippen molar-refractivity contribution in [1.82, 2.24) is 14.3 Å². The number of hydrogen-bond donors (Lipinski definition) is 0. The summed E-state index contributed by atoms with van der Waals surface area (Å²) in [5.41, 5.74) is 1.12. The van der Waals surface area contributed by atoms with E-state index in [-0.39, 0.29) is 0 Å². The summed E-state index contributed by atoms with van der Waals surface area (Å²) in [6, 6.07) is 5.16. The molecular formula is C16H22ClN3. The second-order valence-electron chi connectivity index (χ2n) is 6.00. The molecule has 108 valence electrons. The van der Waals surface area contributed by atoms with Crippen molar-refractivity contribution in [2.24, 2.45) is 0 Å². The van der Waals surface area contributed by atoms with Crippen LogP contribution in [0.5, 0.6) is 0 Å². The van der Waals surface area contributed by atoms with Gasteiger partial charge in [-0.1, -0.05) is 18.0 Å². The van der Waals surface area contributed by atoms with Gasteiger partial charge in [0.1, 0.15) is 5.82 Å². The predicted octanol–water partition coefficient (Wildman–Crippen LogP) is 3.79. The topological polar surface area (TPSA) is 20.5 Å². The smallest absolute Gasteiger partial charge is 0.114 e. The predicted molar refractivity (Wildman–Crippen MR) is 83.4 cm³/mol. The number of aromatic nitrogens is 2. The Morgan fingerprint density at radius 3 is 3.00 bits per heavy atom. The molecule has 1 atom stereocenters. The molecule has 1 fully saturated rings. The molecule has 20 heavy (non-hydrogen) atoms. The molecule has 0 radical (unpaired) electrons. The van der Waals surface area contributed by atoms with Crippen molar-refractivity contribution in [1.29, 1.82) is 0 Å². The van der Waals surface area contributed by atoms with E-state index < -0.39 is 0 Å². The lowest BCUT2D eigenvalue weighted by Gasteiger charge is -2.38. The fourth-order valence-corrected chi connectivity index (χ4v) is 3.46. The van der Waals surface area contributed by atoms with E-state index in [1.54, 1.807) is 0 Å². The second-order valence-corrected chi connectivity index (χ2v) is 6.44. The third-order valence-electron chi connectivity index (χ3n) is 4.32. The fraction of sp³-hybridized carbons (Fsp3) is 0.562. The molecule has 0 saturated carbocycles. The van der Waals surface area contributed by atoms with E-state index in [9.17, 15) is 0 Å². The molecule has 1 unspecified atom stereocenters. The van der Waals surface area contributed by atoms with Gasteiger partial charge in [-0.15, -0.1) is 0 Å². The first-order valence-corrected chi connectivity index (χ1v) is 7.90. The summed E-state index contributed by atoms with van der Waals surface area (Å²) in [4.78, 5) is 7.22. The van der Waals surface area contributed by atoms with Crippen LogP contribution in [0.15, 0.2) is 24.5 Å². The van der Waals surface area contributed by atoms with Crippen LogP contribution in [0.2, 0.25) is 5.02 Å². The number of pyridine rings is 1. The normalized spacial score (nSPS) is 20.9. The average molecular weight is 292 g/mol. The van der Waals surface area contributed by atoms with Gasteiger partial charge in [-0.05, 0) is 45.4 Å². The summed E-state index contributed by atoms with van der Waals surface area (Å²) >= 11 is 6.11. The summed E-state index contributed by atoms with van der Waals surface area (Å²) < 4.78 is 2.13. The number of halogens is 1. The number of fused-ring (bicyclic) bond motifs is 1. The first kappa shape index (κ1) is 13.9. The third kappa shape index (κ3) is 2.70. The lowest BCUT2D eigenvalue weighted by molar-refractivity contribution is 0.110. The van der Waals surface area contributed by atoms with Crippen LogP contribution < -0.4 is 0 Å². The van der Waals surface area contributed by atoms with E-state index in [4.69, 9.17) is 11.6 Å². The molecule has 0 amide bonds. The van der Waals surface area contributed by atoms with Crippen molar-refractivity contribution < 1.29 is 0 Å². The molecule has 0 N–H and O–H groups in total. The molecule has 3 rings (SSSR count). The Labute approximate surface area is 125 Å². The molecule has 3 heterocycles. The van der Waals surface area contributed by atoms with E-state index >= 15 is 0 Å². The Kier molecular flexibility index (Phi) is 3.99. The van der Waals surface area contributed by atoms with E-state index in [0.717, 1.165) is 22.8 Å². The van der Waals surface area contributed by atoms with Gasteiger partial charge < -0.3 is 4.40 Å². The summed E-state index contributed by atoms with van der Waals surface area (Å²) in [6.07, 6.45) is 8.84. The molecule has 0 aliphatic carbocycles. The summed E-state index contributed by atoms with van der Waals surface area (Å²) in [6.45, 7) is 5.80. The van der Waals surface area contributed by atoms with Crippen molar-refractivity contribution >= 4 is 17.1 Å². The van der Waals surface area contributed by atoms with Gasteiger partial charge in [0.15, 0.2) is 0 Å². The van der Waals surface area contributed by atoms with Crippen LogP contribution in [0.3, 0.4) is 0 Å². The zero-order chi connectivity index (χ0) is 14.1. The SMILES string of the molecule is CC(C)N1CCCCC1Cc1ncc2ccc(Cl)cn12. The maximum absolute atomic E-state index is 6.11. The largest absolute Gasteiger partial charge is 0.302 e. The monoisotopic (exact) mass is 291 g/mol. The van der Waals surface area contributed by atoms with Gasteiger partial charge in [-0.2, -0.15) is 0 Å². The Balaban J connectivity index is 1.86. The number of piperidine rings is 1. The van der Waals surface area contributed by atoms with Crippen molar-refractivity contribution in [3.8, 4) is 0 Å². The highest BCUT2D eigenvalue weighted by molar-refractivity contribution is 6.30. The summed E-state index contributed by atoms with van der Waals surface area (Å²) in [5.74, 6) is 1.13. The first-order chi connectivity index (χ1) is 9.65. The Morgan fingerprint density at radius 1 is 1.35 bits per heavy atom. The lowest BCUT2D eigenvalue weighted by atomic mass is 9.97. The number of likely N-dealkylation sites (tertiary alicyclic amines) is 1. The molecule has 0 bridgehead atoms.